The molecule has 0 unspecified atom stereocenters. The molecule has 5 nitrogen and oxygen atoms in total. The largest absolute Gasteiger partial charge is 0.367 e. The minimum absolute atomic E-state index is 0.0451. The number of carbonyl (C=O) groups is 1. The number of nitrogens with zero attached hydrogens (tertiary/aromatic N) is 2. The van der Waals surface area contributed by atoms with Gasteiger partial charge in [-0.25, -0.2) is 0 Å². The topological polar surface area (TPSA) is 62.7 Å². The molecule has 2 heterocycles. The lowest BCUT2D eigenvalue weighted by molar-refractivity contribution is -0.121. The van der Waals surface area contributed by atoms with Crippen molar-refractivity contribution in [3.63, 3.8) is 0 Å². The summed E-state index contributed by atoms with van der Waals surface area (Å²) >= 11 is 0. The van der Waals surface area contributed by atoms with Gasteiger partial charge in [-0.3, -0.25) is 9.48 Å². The van der Waals surface area contributed by atoms with Crippen molar-refractivity contribution >= 4 is 5.91 Å². The third kappa shape index (κ3) is 3.23. The maximum Gasteiger partial charge on any atom is 0.222 e. The summed E-state index contributed by atoms with van der Waals surface area (Å²) in [6, 6.07) is 3.96. The van der Waals surface area contributed by atoms with E-state index in [0.29, 0.717) is 19.5 Å². The van der Waals surface area contributed by atoms with E-state index in [9.17, 15) is 4.79 Å². The molecule has 2 rings (SSSR count). The van der Waals surface area contributed by atoms with Crippen LogP contribution in [0.4, 0.5) is 0 Å². The SMILES string of the molecule is Cc1cc(C)n(CCC(=O)NCc2cc[nH]c2)n1. The van der Waals surface area contributed by atoms with Crippen LogP contribution in [0.2, 0.25) is 0 Å². The molecule has 2 N–H and O–H groups in total. The molecule has 0 fully saturated rings. The van der Waals surface area contributed by atoms with Gasteiger partial charge in [0.05, 0.1) is 5.69 Å². The first-order chi connectivity index (χ1) is 8.65. The lowest BCUT2D eigenvalue weighted by Crippen LogP contribution is -2.24. The van der Waals surface area contributed by atoms with Gasteiger partial charge in [0.15, 0.2) is 0 Å². The van der Waals surface area contributed by atoms with Crippen molar-refractivity contribution in [1.29, 1.82) is 0 Å². The number of carbonyl (C=O) groups excluding carboxylic acids is 1. The van der Waals surface area contributed by atoms with Gasteiger partial charge in [0.2, 0.25) is 5.91 Å². The summed E-state index contributed by atoms with van der Waals surface area (Å²) in [5.41, 5.74) is 3.15. The Labute approximate surface area is 106 Å². The normalized spacial score (nSPS) is 10.6. The quantitative estimate of drug-likeness (QED) is 0.840. The van der Waals surface area contributed by atoms with Crippen LogP contribution in [0.3, 0.4) is 0 Å². The van der Waals surface area contributed by atoms with Crippen LogP contribution in [0.15, 0.2) is 24.5 Å². The number of hydrogen-bond donors (Lipinski definition) is 2. The van der Waals surface area contributed by atoms with Crippen molar-refractivity contribution in [2.75, 3.05) is 0 Å². The Kier molecular flexibility index (Phi) is 3.82. The Morgan fingerprint density at radius 1 is 1.50 bits per heavy atom. The molecule has 0 aromatic carbocycles. The molecule has 5 heteroatoms. The third-order valence-electron chi connectivity index (χ3n) is 2.81. The predicted molar refractivity (Wildman–Crippen MR) is 69.0 cm³/mol. The smallest absolute Gasteiger partial charge is 0.222 e. The van der Waals surface area contributed by atoms with Crippen LogP contribution >= 0.6 is 0 Å². The highest BCUT2D eigenvalue weighted by molar-refractivity contribution is 5.75. The Balaban J connectivity index is 1.76. The number of aromatic amines is 1. The van der Waals surface area contributed by atoms with E-state index in [1.54, 1.807) is 0 Å². The number of rotatable bonds is 5. The maximum absolute atomic E-state index is 11.7. The molecule has 0 atom stereocenters. The highest BCUT2D eigenvalue weighted by atomic mass is 16.1. The lowest BCUT2D eigenvalue weighted by Gasteiger charge is -2.05. The number of hydrogen-bond acceptors (Lipinski definition) is 2. The van der Waals surface area contributed by atoms with E-state index >= 15 is 0 Å². The van der Waals surface area contributed by atoms with Crippen molar-refractivity contribution in [2.24, 2.45) is 0 Å². The molecule has 1 amide bonds. The highest BCUT2D eigenvalue weighted by Crippen LogP contribution is 2.03. The van der Waals surface area contributed by atoms with Gasteiger partial charge in [-0.1, -0.05) is 0 Å². The maximum atomic E-state index is 11.7. The highest BCUT2D eigenvalue weighted by Gasteiger charge is 2.05. The molecule has 0 radical (unpaired) electrons. The summed E-state index contributed by atoms with van der Waals surface area (Å²) < 4.78 is 1.87. The van der Waals surface area contributed by atoms with Crippen molar-refractivity contribution in [3.8, 4) is 0 Å². The molecule has 96 valence electrons. The average molecular weight is 246 g/mol. The molecular weight excluding hydrogens is 228 g/mol. The van der Waals surface area contributed by atoms with E-state index in [-0.39, 0.29) is 5.91 Å². The minimum Gasteiger partial charge on any atom is -0.367 e. The zero-order valence-electron chi connectivity index (χ0n) is 10.7. The van der Waals surface area contributed by atoms with E-state index < -0.39 is 0 Å². The monoisotopic (exact) mass is 246 g/mol. The molecule has 18 heavy (non-hydrogen) atoms. The van der Waals surface area contributed by atoms with Gasteiger partial charge >= 0.3 is 0 Å². The van der Waals surface area contributed by atoms with Crippen molar-refractivity contribution in [1.82, 2.24) is 20.1 Å². The zero-order valence-corrected chi connectivity index (χ0v) is 10.7. The summed E-state index contributed by atoms with van der Waals surface area (Å²) in [4.78, 5) is 14.6. The van der Waals surface area contributed by atoms with Gasteiger partial charge in [0.1, 0.15) is 0 Å². The lowest BCUT2D eigenvalue weighted by atomic mass is 10.3. The van der Waals surface area contributed by atoms with Gasteiger partial charge in [-0.15, -0.1) is 0 Å². The molecule has 0 aliphatic heterocycles. The second-order valence-corrected chi connectivity index (χ2v) is 4.40. The summed E-state index contributed by atoms with van der Waals surface area (Å²) in [6.45, 7) is 5.14. The van der Waals surface area contributed by atoms with Crippen LogP contribution in [-0.2, 0) is 17.9 Å². The Hall–Kier alpha value is -2.04. The Morgan fingerprint density at radius 2 is 2.33 bits per heavy atom. The van der Waals surface area contributed by atoms with Crippen LogP contribution in [-0.4, -0.2) is 20.7 Å². The minimum atomic E-state index is 0.0451. The molecule has 0 spiro atoms. The van der Waals surface area contributed by atoms with Gasteiger partial charge in [-0.2, -0.15) is 5.10 Å². The molecule has 0 saturated carbocycles. The average Bonchev–Trinajstić information content (AvgIpc) is 2.94. The van der Waals surface area contributed by atoms with Gasteiger partial charge in [0.25, 0.3) is 0 Å². The van der Waals surface area contributed by atoms with Crippen molar-refractivity contribution < 1.29 is 4.79 Å². The molecular formula is C13H18N4O. The van der Waals surface area contributed by atoms with Gasteiger partial charge in [-0.05, 0) is 31.5 Å². The second kappa shape index (κ2) is 5.53. The number of nitrogens with one attached hydrogen (secondary N) is 2. The number of H-pyrrole nitrogens is 1. The molecule has 0 saturated heterocycles. The van der Waals surface area contributed by atoms with Gasteiger partial charge in [0, 0.05) is 37.6 Å². The molecule has 0 aliphatic rings. The first-order valence-electron chi connectivity index (χ1n) is 6.04. The van der Waals surface area contributed by atoms with E-state index in [4.69, 9.17) is 0 Å². The standard InChI is InChI=1S/C13H18N4O/c1-10-7-11(2)17(16-10)6-4-13(18)15-9-12-3-5-14-8-12/h3,5,7-8,14H,4,6,9H2,1-2H3,(H,15,18). The number of aryl methyl sites for hydroxylation is 3. The third-order valence-corrected chi connectivity index (χ3v) is 2.81. The predicted octanol–water partition coefficient (Wildman–Crippen LogP) is 1.53. The van der Waals surface area contributed by atoms with Crippen molar-refractivity contribution in [3.05, 3.63) is 41.5 Å². The molecule has 2 aromatic heterocycles. The van der Waals surface area contributed by atoms with Crippen LogP contribution in [0.25, 0.3) is 0 Å². The van der Waals surface area contributed by atoms with Crippen LogP contribution in [0, 0.1) is 13.8 Å². The Bertz CT molecular complexity index is 513. The first kappa shape index (κ1) is 12.4. The fourth-order valence-electron chi connectivity index (χ4n) is 1.87. The van der Waals surface area contributed by atoms with Crippen LogP contribution in [0.1, 0.15) is 23.4 Å². The number of aromatic nitrogens is 3. The van der Waals surface area contributed by atoms with E-state index in [2.05, 4.69) is 15.4 Å². The summed E-state index contributed by atoms with van der Waals surface area (Å²) in [6.07, 6.45) is 4.17. The summed E-state index contributed by atoms with van der Waals surface area (Å²) in [5, 5.41) is 7.21. The van der Waals surface area contributed by atoms with E-state index in [1.807, 2.05) is 43.1 Å². The summed E-state index contributed by atoms with van der Waals surface area (Å²) in [7, 11) is 0. The van der Waals surface area contributed by atoms with E-state index in [0.717, 1.165) is 17.0 Å². The van der Waals surface area contributed by atoms with E-state index in [1.165, 1.54) is 0 Å². The number of amides is 1. The summed E-state index contributed by atoms with van der Waals surface area (Å²) in [5.74, 6) is 0.0451. The van der Waals surface area contributed by atoms with Crippen molar-refractivity contribution in [2.45, 2.75) is 33.4 Å². The molecule has 2 aromatic rings. The van der Waals surface area contributed by atoms with Crippen LogP contribution < -0.4 is 5.32 Å². The fraction of sp³-hybridized carbons (Fsp3) is 0.385. The second-order valence-electron chi connectivity index (χ2n) is 4.40. The molecule has 0 bridgehead atoms. The zero-order chi connectivity index (χ0) is 13.0. The van der Waals surface area contributed by atoms with Gasteiger partial charge < -0.3 is 10.3 Å². The van der Waals surface area contributed by atoms with Crippen LogP contribution in [0.5, 0.6) is 0 Å². The first-order valence-corrected chi connectivity index (χ1v) is 6.04. The molecule has 0 aliphatic carbocycles. The fourth-order valence-corrected chi connectivity index (χ4v) is 1.87. The Morgan fingerprint density at radius 3 is 2.94 bits per heavy atom.